The van der Waals surface area contributed by atoms with Crippen molar-refractivity contribution in [2.24, 2.45) is 5.41 Å². The van der Waals surface area contributed by atoms with Crippen molar-refractivity contribution in [2.45, 2.75) is 35.8 Å². The topological polar surface area (TPSA) is 33.0 Å². The molecule has 2 nitrogen and oxygen atoms in total. The normalized spacial score (nSPS) is 30.7. The van der Waals surface area contributed by atoms with Crippen molar-refractivity contribution >= 4 is 11.8 Å². The van der Waals surface area contributed by atoms with E-state index < -0.39 is 0 Å². The van der Waals surface area contributed by atoms with Gasteiger partial charge >= 0.3 is 0 Å². The van der Waals surface area contributed by atoms with E-state index in [1.54, 1.807) is 0 Å². The first-order valence-corrected chi connectivity index (χ1v) is 7.43. The van der Waals surface area contributed by atoms with Crippen LogP contribution in [0.25, 0.3) is 0 Å². The highest BCUT2D eigenvalue weighted by Gasteiger charge is 2.37. The molecule has 1 fully saturated rings. The van der Waals surface area contributed by atoms with E-state index in [0.717, 1.165) is 32.3 Å². The number of ether oxygens (including phenoxy) is 1. The summed E-state index contributed by atoms with van der Waals surface area (Å²) in [7, 11) is 0. The number of thioether (sulfide) groups is 1. The van der Waals surface area contributed by atoms with Crippen molar-refractivity contribution in [2.75, 3.05) is 13.2 Å². The molecular weight excluding hydrogens is 242 g/mol. The van der Waals surface area contributed by atoms with Gasteiger partial charge in [0.15, 0.2) is 0 Å². The molecule has 0 aliphatic carbocycles. The van der Waals surface area contributed by atoms with E-state index in [0.29, 0.717) is 11.9 Å². The lowest BCUT2D eigenvalue weighted by Gasteiger charge is -2.32. The minimum Gasteiger partial charge on any atom is -0.380 e. The van der Waals surface area contributed by atoms with Crippen LogP contribution in [-0.2, 0) is 11.2 Å². The van der Waals surface area contributed by atoms with Gasteiger partial charge in [0.25, 0.3) is 0 Å². The summed E-state index contributed by atoms with van der Waals surface area (Å²) in [5.41, 5.74) is 1.20. The first-order chi connectivity index (χ1) is 8.81. The van der Waals surface area contributed by atoms with Gasteiger partial charge in [0.05, 0.1) is 18.1 Å². The predicted octanol–water partition coefficient (Wildman–Crippen LogP) is 3.41. The summed E-state index contributed by atoms with van der Waals surface area (Å²) in [6.07, 6.45) is 4.09. The maximum Gasteiger partial charge on any atom is 0.0818 e. The highest BCUT2D eigenvalue weighted by molar-refractivity contribution is 8.00. The van der Waals surface area contributed by atoms with E-state index in [9.17, 15) is 5.26 Å². The summed E-state index contributed by atoms with van der Waals surface area (Å²) in [6.45, 7) is 1.44. The summed E-state index contributed by atoms with van der Waals surface area (Å²) in [4.78, 5) is 1.40. The van der Waals surface area contributed by atoms with Gasteiger partial charge in [-0.25, -0.2) is 0 Å². The minimum atomic E-state index is -0.238. The lowest BCUT2D eigenvalue weighted by molar-refractivity contribution is 0.0181. The van der Waals surface area contributed by atoms with Gasteiger partial charge in [0.2, 0.25) is 0 Å². The molecule has 94 valence electrons. The number of nitrogens with zero attached hydrogens (tertiary/aromatic N) is 1. The van der Waals surface area contributed by atoms with Crippen LogP contribution < -0.4 is 0 Å². The predicted molar refractivity (Wildman–Crippen MR) is 72.5 cm³/mol. The molecular formula is C15H17NOS. The smallest absolute Gasteiger partial charge is 0.0818 e. The maximum absolute atomic E-state index is 9.48. The van der Waals surface area contributed by atoms with Gasteiger partial charge in [-0.2, -0.15) is 5.26 Å². The Hall–Kier alpha value is -0.980. The van der Waals surface area contributed by atoms with Crippen LogP contribution in [0.5, 0.6) is 0 Å². The molecule has 2 aliphatic rings. The fraction of sp³-hybridized carbons (Fsp3) is 0.533. The zero-order valence-electron chi connectivity index (χ0n) is 10.4. The minimum absolute atomic E-state index is 0.238. The van der Waals surface area contributed by atoms with Gasteiger partial charge in [-0.05, 0) is 37.3 Å². The van der Waals surface area contributed by atoms with Gasteiger partial charge in [-0.1, -0.05) is 18.2 Å². The lowest BCUT2D eigenvalue weighted by atomic mass is 9.79. The molecule has 0 radical (unpaired) electrons. The van der Waals surface area contributed by atoms with Gasteiger partial charge in [-0.15, -0.1) is 11.8 Å². The molecule has 18 heavy (non-hydrogen) atoms. The summed E-state index contributed by atoms with van der Waals surface area (Å²) in [5.74, 6) is 0. The van der Waals surface area contributed by atoms with Crippen molar-refractivity contribution in [1.82, 2.24) is 0 Å². The van der Waals surface area contributed by atoms with Crippen LogP contribution in [0.15, 0.2) is 29.2 Å². The van der Waals surface area contributed by atoms with Crippen molar-refractivity contribution in [3.63, 3.8) is 0 Å². The van der Waals surface area contributed by atoms with E-state index in [-0.39, 0.29) is 5.41 Å². The first kappa shape index (κ1) is 12.1. The summed E-state index contributed by atoms with van der Waals surface area (Å²) in [6, 6.07) is 11.1. The van der Waals surface area contributed by atoms with Crippen LogP contribution in [0.4, 0.5) is 0 Å². The van der Waals surface area contributed by atoms with Gasteiger partial charge < -0.3 is 4.74 Å². The van der Waals surface area contributed by atoms with Crippen LogP contribution in [0.2, 0.25) is 0 Å². The molecule has 0 saturated carbocycles. The van der Waals surface area contributed by atoms with Gasteiger partial charge in [0.1, 0.15) is 0 Å². The summed E-state index contributed by atoms with van der Waals surface area (Å²) in [5, 5.41) is 10.0. The molecule has 2 unspecified atom stereocenters. The van der Waals surface area contributed by atoms with Gasteiger partial charge in [-0.3, -0.25) is 0 Å². The monoisotopic (exact) mass is 259 g/mol. The van der Waals surface area contributed by atoms with Crippen molar-refractivity contribution in [3.05, 3.63) is 29.8 Å². The fourth-order valence-corrected chi connectivity index (χ4v) is 4.43. The fourth-order valence-electron chi connectivity index (χ4n) is 2.95. The van der Waals surface area contributed by atoms with E-state index in [2.05, 4.69) is 30.3 Å². The Morgan fingerprint density at radius 2 is 2.33 bits per heavy atom. The van der Waals surface area contributed by atoms with Crippen LogP contribution in [0.1, 0.15) is 24.8 Å². The Morgan fingerprint density at radius 3 is 3.06 bits per heavy atom. The van der Waals surface area contributed by atoms with Crippen molar-refractivity contribution < 1.29 is 4.74 Å². The standard InChI is InChI=1S/C15H17NOS/c16-10-15(6-3-7-17-11-15)9-13-8-12-4-1-2-5-14(12)18-13/h1-2,4-5,13H,3,6-9,11H2. The van der Waals surface area contributed by atoms with Gasteiger partial charge in [0, 0.05) is 16.8 Å². The van der Waals surface area contributed by atoms with E-state index in [1.807, 2.05) is 11.8 Å². The van der Waals surface area contributed by atoms with E-state index >= 15 is 0 Å². The van der Waals surface area contributed by atoms with Crippen LogP contribution in [0.3, 0.4) is 0 Å². The maximum atomic E-state index is 9.48. The second-order valence-electron chi connectivity index (χ2n) is 5.30. The first-order valence-electron chi connectivity index (χ1n) is 6.55. The molecule has 2 heterocycles. The number of nitriles is 1. The van der Waals surface area contributed by atoms with Crippen LogP contribution >= 0.6 is 11.8 Å². The zero-order valence-corrected chi connectivity index (χ0v) is 11.2. The molecule has 1 aromatic rings. The SMILES string of the molecule is N#CC1(CC2Cc3ccccc3S2)CCCOC1. The third-order valence-electron chi connectivity index (χ3n) is 3.89. The number of hydrogen-bond donors (Lipinski definition) is 0. The molecule has 2 aliphatic heterocycles. The molecule has 0 spiro atoms. The Bertz CT molecular complexity index is 449. The highest BCUT2D eigenvalue weighted by atomic mass is 32.2. The Kier molecular flexibility index (Phi) is 3.32. The zero-order chi connectivity index (χ0) is 12.4. The van der Waals surface area contributed by atoms with E-state index in [4.69, 9.17) is 4.74 Å². The molecule has 3 heteroatoms. The van der Waals surface area contributed by atoms with Crippen LogP contribution in [-0.4, -0.2) is 18.5 Å². The summed E-state index contributed by atoms with van der Waals surface area (Å²) < 4.78 is 5.53. The second kappa shape index (κ2) is 4.95. The van der Waals surface area contributed by atoms with E-state index in [1.165, 1.54) is 10.5 Å². The second-order valence-corrected chi connectivity index (χ2v) is 6.65. The highest BCUT2D eigenvalue weighted by Crippen LogP contribution is 2.44. The average molecular weight is 259 g/mol. The Balaban J connectivity index is 1.70. The number of rotatable bonds is 2. The molecule has 3 rings (SSSR count). The lowest BCUT2D eigenvalue weighted by Crippen LogP contribution is -2.33. The number of hydrogen-bond acceptors (Lipinski definition) is 3. The molecule has 1 saturated heterocycles. The number of benzene rings is 1. The third kappa shape index (κ3) is 2.28. The molecule has 0 amide bonds. The largest absolute Gasteiger partial charge is 0.380 e. The Morgan fingerprint density at radius 1 is 1.44 bits per heavy atom. The number of fused-ring (bicyclic) bond motifs is 1. The van der Waals surface area contributed by atoms with Crippen molar-refractivity contribution in [1.29, 1.82) is 5.26 Å². The van der Waals surface area contributed by atoms with Crippen molar-refractivity contribution in [3.8, 4) is 6.07 Å². The molecule has 1 aromatic carbocycles. The quantitative estimate of drug-likeness (QED) is 0.816. The van der Waals surface area contributed by atoms with Crippen LogP contribution in [0, 0.1) is 16.7 Å². The molecule has 0 bridgehead atoms. The Labute approximate surface area is 112 Å². The third-order valence-corrected chi connectivity index (χ3v) is 5.21. The summed E-state index contributed by atoms with van der Waals surface area (Å²) >= 11 is 1.94. The molecule has 0 aromatic heterocycles. The average Bonchev–Trinajstić information content (AvgIpc) is 2.81. The molecule has 0 N–H and O–H groups in total. The molecule has 2 atom stereocenters.